The van der Waals surface area contributed by atoms with Crippen LogP contribution < -0.4 is 20.1 Å². The van der Waals surface area contributed by atoms with Crippen LogP contribution >= 0.6 is 24.0 Å². The highest BCUT2D eigenvalue weighted by molar-refractivity contribution is 14.0. The van der Waals surface area contributed by atoms with E-state index in [1.165, 1.54) is 18.4 Å². The minimum Gasteiger partial charge on any atom is -0.487 e. The molecular formula is C21H35IN4O3S. The Morgan fingerprint density at radius 1 is 1.23 bits per heavy atom. The van der Waals surface area contributed by atoms with E-state index in [2.05, 4.69) is 32.5 Å². The number of hydrogen-bond acceptors (Lipinski definition) is 4. The number of aliphatic imine (C=N–C) groups is 1. The third-order valence-electron chi connectivity index (χ3n) is 5.67. The first-order chi connectivity index (χ1) is 14.0. The fourth-order valence-corrected chi connectivity index (χ4v) is 4.82. The lowest BCUT2D eigenvalue weighted by Gasteiger charge is -2.40. The number of nitrogens with one attached hydrogen (secondary N) is 3. The van der Waals surface area contributed by atoms with Crippen LogP contribution in [0.15, 0.2) is 29.3 Å². The smallest absolute Gasteiger partial charge is 0.211 e. The molecule has 0 amide bonds. The molecule has 1 aliphatic heterocycles. The van der Waals surface area contributed by atoms with Crippen LogP contribution in [0.3, 0.4) is 0 Å². The van der Waals surface area contributed by atoms with Crippen LogP contribution in [-0.2, 0) is 10.0 Å². The predicted octanol–water partition coefficient (Wildman–Crippen LogP) is 3.33. The quantitative estimate of drug-likeness (QED) is 0.200. The number of sulfonamides is 1. The maximum absolute atomic E-state index is 11.5. The van der Waals surface area contributed by atoms with Gasteiger partial charge in [0, 0.05) is 31.6 Å². The maximum atomic E-state index is 11.5. The molecule has 170 valence electrons. The molecule has 1 heterocycles. The second-order valence-electron chi connectivity index (χ2n) is 7.84. The van der Waals surface area contributed by atoms with Crippen molar-refractivity contribution in [1.29, 1.82) is 0 Å². The van der Waals surface area contributed by atoms with Crippen LogP contribution in [0.25, 0.3) is 0 Å². The van der Waals surface area contributed by atoms with E-state index >= 15 is 0 Å². The number of para-hydroxylation sites is 1. The Bertz CT molecular complexity index is 810. The molecule has 1 aromatic rings. The van der Waals surface area contributed by atoms with Gasteiger partial charge in [-0.15, -0.1) is 24.0 Å². The van der Waals surface area contributed by atoms with Crippen molar-refractivity contribution in [2.45, 2.75) is 64.0 Å². The minimum atomic E-state index is -3.14. The van der Waals surface area contributed by atoms with Crippen molar-refractivity contribution in [3.8, 4) is 5.75 Å². The van der Waals surface area contributed by atoms with E-state index in [9.17, 15) is 8.42 Å². The van der Waals surface area contributed by atoms with Gasteiger partial charge in [-0.3, -0.25) is 4.99 Å². The van der Waals surface area contributed by atoms with Gasteiger partial charge in [-0.1, -0.05) is 18.2 Å². The highest BCUT2D eigenvalue weighted by Gasteiger charge is 2.43. The lowest BCUT2D eigenvalue weighted by atomic mass is 9.86. The molecule has 2 aliphatic rings. The van der Waals surface area contributed by atoms with Gasteiger partial charge in [-0.2, -0.15) is 0 Å². The lowest BCUT2D eigenvalue weighted by Crippen LogP contribution is -2.46. The monoisotopic (exact) mass is 550 g/mol. The largest absolute Gasteiger partial charge is 0.487 e. The van der Waals surface area contributed by atoms with Crippen molar-refractivity contribution in [2.24, 2.45) is 4.99 Å². The highest BCUT2D eigenvalue weighted by Crippen LogP contribution is 2.46. The molecule has 30 heavy (non-hydrogen) atoms. The molecule has 1 spiro atoms. The summed E-state index contributed by atoms with van der Waals surface area (Å²) < 4.78 is 32.1. The molecule has 1 unspecified atom stereocenters. The normalized spacial score (nSPS) is 20.2. The van der Waals surface area contributed by atoms with E-state index in [1.54, 1.807) is 6.92 Å². The van der Waals surface area contributed by atoms with Crippen LogP contribution in [0, 0.1) is 0 Å². The van der Waals surface area contributed by atoms with Crippen LogP contribution in [0.5, 0.6) is 5.75 Å². The van der Waals surface area contributed by atoms with E-state index in [0.717, 1.165) is 37.5 Å². The average Bonchev–Trinajstić information content (AvgIpc) is 3.15. The van der Waals surface area contributed by atoms with Crippen molar-refractivity contribution in [3.63, 3.8) is 0 Å². The van der Waals surface area contributed by atoms with Gasteiger partial charge in [0.15, 0.2) is 5.96 Å². The maximum Gasteiger partial charge on any atom is 0.211 e. The van der Waals surface area contributed by atoms with Crippen molar-refractivity contribution >= 4 is 40.0 Å². The standard InChI is InChI=1S/C21H34N4O3S.HI/c1-3-22-20(23-14-9-15-24-29(26,27)4-2)25-18-16-21(12-7-8-13-21)28-19-11-6-5-10-17(18)19;/h5-6,10-11,18,24H,3-4,7-9,12-16H2,1-2H3,(H2,22,23,25);1H. The molecule has 1 atom stereocenters. The van der Waals surface area contributed by atoms with Crippen molar-refractivity contribution in [1.82, 2.24) is 15.4 Å². The van der Waals surface area contributed by atoms with Crippen LogP contribution in [0.2, 0.25) is 0 Å². The molecule has 1 saturated carbocycles. The van der Waals surface area contributed by atoms with Crippen molar-refractivity contribution < 1.29 is 13.2 Å². The number of halogens is 1. The molecule has 0 radical (unpaired) electrons. The van der Waals surface area contributed by atoms with E-state index in [0.29, 0.717) is 19.5 Å². The summed E-state index contributed by atoms with van der Waals surface area (Å²) in [5.74, 6) is 1.84. The Morgan fingerprint density at radius 3 is 2.67 bits per heavy atom. The Kier molecular flexibility index (Phi) is 9.67. The Hall–Kier alpha value is -1.07. The number of fused-ring (bicyclic) bond motifs is 1. The Balaban J connectivity index is 0.00000320. The van der Waals surface area contributed by atoms with E-state index in [1.807, 2.05) is 19.1 Å². The predicted molar refractivity (Wildman–Crippen MR) is 132 cm³/mol. The van der Waals surface area contributed by atoms with Gasteiger partial charge in [-0.05, 0) is 52.0 Å². The summed E-state index contributed by atoms with van der Waals surface area (Å²) in [6.45, 7) is 5.41. The molecule has 0 bridgehead atoms. The summed E-state index contributed by atoms with van der Waals surface area (Å²) in [5.41, 5.74) is 1.10. The van der Waals surface area contributed by atoms with Crippen LogP contribution in [0.4, 0.5) is 0 Å². The van der Waals surface area contributed by atoms with Crippen LogP contribution in [-0.4, -0.2) is 45.4 Å². The summed E-state index contributed by atoms with van der Waals surface area (Å²) in [4.78, 5) is 4.66. The molecular weight excluding hydrogens is 515 g/mol. The summed E-state index contributed by atoms with van der Waals surface area (Å²) >= 11 is 0. The molecule has 1 aliphatic carbocycles. The number of nitrogens with zero attached hydrogens (tertiary/aromatic N) is 1. The fourth-order valence-electron chi connectivity index (χ4n) is 4.16. The first kappa shape index (κ1) is 25.2. The van der Waals surface area contributed by atoms with Gasteiger partial charge < -0.3 is 15.4 Å². The average molecular weight is 551 g/mol. The Labute approximate surface area is 197 Å². The SMILES string of the molecule is CCNC(=NCCCNS(=O)(=O)CC)NC1CC2(CCCC2)Oc2ccccc21.I. The van der Waals surface area contributed by atoms with Crippen molar-refractivity contribution in [2.75, 3.05) is 25.4 Å². The number of hydrogen-bond donors (Lipinski definition) is 3. The second-order valence-corrected chi connectivity index (χ2v) is 9.94. The Morgan fingerprint density at radius 2 is 1.97 bits per heavy atom. The van der Waals surface area contributed by atoms with Gasteiger partial charge >= 0.3 is 0 Å². The zero-order valence-electron chi connectivity index (χ0n) is 17.9. The van der Waals surface area contributed by atoms with Crippen LogP contribution in [0.1, 0.15) is 64.0 Å². The van der Waals surface area contributed by atoms with E-state index in [4.69, 9.17) is 4.74 Å². The molecule has 9 heteroatoms. The summed E-state index contributed by atoms with van der Waals surface area (Å²) in [5, 5.41) is 6.92. The van der Waals surface area contributed by atoms with Gasteiger partial charge in [0.25, 0.3) is 0 Å². The van der Waals surface area contributed by atoms with Gasteiger partial charge in [0.05, 0.1) is 11.8 Å². The number of benzene rings is 1. The molecule has 1 aromatic carbocycles. The van der Waals surface area contributed by atoms with E-state index < -0.39 is 10.0 Å². The molecule has 3 rings (SSSR count). The fraction of sp³-hybridized carbons (Fsp3) is 0.667. The number of guanidine groups is 1. The van der Waals surface area contributed by atoms with Gasteiger partial charge in [0.2, 0.25) is 10.0 Å². The molecule has 0 saturated heterocycles. The zero-order chi connectivity index (χ0) is 20.7. The lowest BCUT2D eigenvalue weighted by molar-refractivity contribution is 0.0396. The topological polar surface area (TPSA) is 91.8 Å². The summed E-state index contributed by atoms with van der Waals surface area (Å²) in [6.07, 6.45) is 6.23. The third kappa shape index (κ3) is 6.71. The third-order valence-corrected chi connectivity index (χ3v) is 7.08. The summed E-state index contributed by atoms with van der Waals surface area (Å²) in [6, 6.07) is 8.41. The van der Waals surface area contributed by atoms with Gasteiger partial charge in [-0.25, -0.2) is 13.1 Å². The highest BCUT2D eigenvalue weighted by atomic mass is 127. The molecule has 0 aromatic heterocycles. The molecule has 7 nitrogen and oxygen atoms in total. The zero-order valence-corrected chi connectivity index (χ0v) is 21.1. The first-order valence-electron chi connectivity index (χ1n) is 10.8. The van der Waals surface area contributed by atoms with Gasteiger partial charge in [0.1, 0.15) is 11.4 Å². The number of ether oxygens (including phenoxy) is 1. The first-order valence-corrected chi connectivity index (χ1v) is 12.4. The minimum absolute atomic E-state index is 0. The molecule has 1 fully saturated rings. The molecule has 3 N–H and O–H groups in total. The second kappa shape index (κ2) is 11.5. The van der Waals surface area contributed by atoms with Crippen molar-refractivity contribution in [3.05, 3.63) is 29.8 Å². The van der Waals surface area contributed by atoms with E-state index in [-0.39, 0.29) is 41.4 Å². The number of rotatable bonds is 8. The summed E-state index contributed by atoms with van der Waals surface area (Å²) in [7, 11) is -3.14.